The molecule has 0 spiro atoms. The lowest BCUT2D eigenvalue weighted by atomic mass is 10.2. The van der Waals surface area contributed by atoms with Crippen LogP contribution in [0.3, 0.4) is 0 Å². The molecule has 0 unspecified atom stereocenters. The Kier molecular flexibility index (Phi) is 4.38. The summed E-state index contributed by atoms with van der Waals surface area (Å²) in [6.45, 7) is 8.61. The Labute approximate surface area is 57.6 Å². The van der Waals surface area contributed by atoms with E-state index < -0.39 is 0 Å². The average molecular weight is 133 g/mol. The predicted molar refractivity (Wildman–Crippen MR) is 41.1 cm³/mol. The van der Waals surface area contributed by atoms with Gasteiger partial charge >= 0.3 is 0 Å². The first-order valence-corrected chi connectivity index (χ1v) is 3.50. The molecule has 0 bridgehead atoms. The minimum absolute atomic E-state index is 0.729. The molecule has 1 nitrogen and oxygen atoms in total. The van der Waals surface area contributed by atoms with Crippen LogP contribution in [-0.4, -0.2) is 17.4 Å². The Morgan fingerprint density at radius 1 is 1.50 bits per heavy atom. The van der Waals surface area contributed by atoms with Gasteiger partial charge in [-0.1, -0.05) is 33.6 Å². The van der Waals surface area contributed by atoms with Gasteiger partial charge in [0.25, 0.3) is 0 Å². The summed E-state index contributed by atoms with van der Waals surface area (Å²) >= 11 is 4.20. The first kappa shape index (κ1) is 8.31. The topological polar surface area (TPSA) is 3.24 Å². The SMILES string of the molecule is CCN(S)CC(C)C. The highest BCUT2D eigenvalue weighted by atomic mass is 32.1. The van der Waals surface area contributed by atoms with Gasteiger partial charge in [0.15, 0.2) is 0 Å². The van der Waals surface area contributed by atoms with Crippen molar-refractivity contribution in [3.05, 3.63) is 0 Å². The van der Waals surface area contributed by atoms with E-state index >= 15 is 0 Å². The van der Waals surface area contributed by atoms with Gasteiger partial charge in [0.1, 0.15) is 0 Å². The lowest BCUT2D eigenvalue weighted by Crippen LogP contribution is -2.16. The molecule has 0 heterocycles. The molecule has 2 heteroatoms. The molecule has 0 saturated heterocycles. The second-order valence-corrected chi connectivity index (χ2v) is 2.96. The molecule has 0 atom stereocenters. The molecule has 0 aliphatic carbocycles. The monoisotopic (exact) mass is 133 g/mol. The minimum Gasteiger partial charge on any atom is -0.253 e. The van der Waals surface area contributed by atoms with Gasteiger partial charge in [-0.25, -0.2) is 0 Å². The predicted octanol–water partition coefficient (Wildman–Crippen LogP) is 1.81. The van der Waals surface area contributed by atoms with Crippen LogP contribution in [0.5, 0.6) is 0 Å². The fourth-order valence-electron chi connectivity index (χ4n) is 0.551. The summed E-state index contributed by atoms with van der Waals surface area (Å²) in [5.74, 6) is 0.729. The van der Waals surface area contributed by atoms with Crippen LogP contribution in [0.15, 0.2) is 0 Å². The lowest BCUT2D eigenvalue weighted by molar-refractivity contribution is 0.427. The second kappa shape index (κ2) is 4.21. The molecule has 0 saturated carbocycles. The largest absolute Gasteiger partial charge is 0.253 e. The van der Waals surface area contributed by atoms with Gasteiger partial charge in [-0.15, -0.1) is 0 Å². The highest BCUT2D eigenvalue weighted by molar-refractivity contribution is 7.77. The minimum atomic E-state index is 0.729. The van der Waals surface area contributed by atoms with Crippen molar-refractivity contribution in [2.75, 3.05) is 13.1 Å². The summed E-state index contributed by atoms with van der Waals surface area (Å²) < 4.78 is 2.02. The summed E-state index contributed by atoms with van der Waals surface area (Å²) in [5, 5.41) is 0. The molecule has 0 aromatic carbocycles. The number of nitrogens with zero attached hydrogens (tertiary/aromatic N) is 1. The van der Waals surface area contributed by atoms with Crippen LogP contribution in [0.4, 0.5) is 0 Å². The van der Waals surface area contributed by atoms with Crippen LogP contribution in [0, 0.1) is 5.92 Å². The number of hydrogen-bond donors (Lipinski definition) is 1. The molecule has 0 aromatic heterocycles. The van der Waals surface area contributed by atoms with Gasteiger partial charge < -0.3 is 0 Å². The van der Waals surface area contributed by atoms with Crippen molar-refractivity contribution in [2.24, 2.45) is 5.92 Å². The van der Waals surface area contributed by atoms with Crippen molar-refractivity contribution in [1.82, 2.24) is 4.31 Å². The second-order valence-electron chi connectivity index (χ2n) is 2.40. The molecule has 0 rings (SSSR count). The van der Waals surface area contributed by atoms with Gasteiger partial charge in [0.05, 0.1) is 0 Å². The van der Waals surface area contributed by atoms with Crippen LogP contribution < -0.4 is 0 Å². The van der Waals surface area contributed by atoms with Gasteiger partial charge in [0.2, 0.25) is 0 Å². The third-order valence-corrected chi connectivity index (χ3v) is 1.39. The summed E-state index contributed by atoms with van der Waals surface area (Å²) in [6, 6.07) is 0. The van der Waals surface area contributed by atoms with E-state index in [-0.39, 0.29) is 0 Å². The van der Waals surface area contributed by atoms with Crippen LogP contribution in [0.2, 0.25) is 0 Å². The zero-order valence-electron chi connectivity index (χ0n) is 5.89. The van der Waals surface area contributed by atoms with Crippen molar-refractivity contribution >= 4 is 12.8 Å². The molecule has 0 aromatic rings. The number of hydrogen-bond acceptors (Lipinski definition) is 2. The maximum absolute atomic E-state index is 4.20. The van der Waals surface area contributed by atoms with E-state index in [0.29, 0.717) is 0 Å². The molecular weight excluding hydrogens is 118 g/mol. The van der Waals surface area contributed by atoms with E-state index in [2.05, 4.69) is 33.6 Å². The van der Waals surface area contributed by atoms with Gasteiger partial charge in [-0.05, 0) is 5.92 Å². The summed E-state index contributed by atoms with van der Waals surface area (Å²) in [7, 11) is 0. The summed E-state index contributed by atoms with van der Waals surface area (Å²) in [4.78, 5) is 0. The zero-order chi connectivity index (χ0) is 6.57. The Balaban J connectivity index is 3.10. The fraction of sp³-hybridized carbons (Fsp3) is 1.00. The van der Waals surface area contributed by atoms with Gasteiger partial charge in [-0.3, -0.25) is 4.31 Å². The molecule has 50 valence electrons. The smallest absolute Gasteiger partial charge is 0.0110 e. The Hall–Kier alpha value is 0.310. The van der Waals surface area contributed by atoms with Crippen molar-refractivity contribution in [3.8, 4) is 0 Å². The van der Waals surface area contributed by atoms with Crippen molar-refractivity contribution in [3.63, 3.8) is 0 Å². The molecule has 0 aliphatic heterocycles. The standard InChI is InChI=1S/C6H15NS/c1-4-7(8)5-6(2)3/h6,8H,4-5H2,1-3H3. The van der Waals surface area contributed by atoms with Crippen LogP contribution in [0.1, 0.15) is 20.8 Å². The molecule has 0 amide bonds. The highest BCUT2D eigenvalue weighted by Gasteiger charge is 1.97. The normalized spacial score (nSPS) is 11.2. The van der Waals surface area contributed by atoms with Crippen molar-refractivity contribution < 1.29 is 0 Å². The maximum atomic E-state index is 4.20. The first-order chi connectivity index (χ1) is 3.66. The van der Waals surface area contributed by atoms with Crippen LogP contribution in [0.25, 0.3) is 0 Å². The third kappa shape index (κ3) is 4.47. The molecule has 0 N–H and O–H groups in total. The van der Waals surface area contributed by atoms with Crippen LogP contribution >= 0.6 is 12.8 Å². The van der Waals surface area contributed by atoms with Crippen molar-refractivity contribution in [2.45, 2.75) is 20.8 Å². The maximum Gasteiger partial charge on any atom is 0.0110 e. The Morgan fingerprint density at radius 3 is 2.12 bits per heavy atom. The van der Waals surface area contributed by atoms with Gasteiger partial charge in [0, 0.05) is 13.1 Å². The van der Waals surface area contributed by atoms with E-state index in [1.54, 1.807) is 0 Å². The van der Waals surface area contributed by atoms with E-state index in [9.17, 15) is 0 Å². The highest BCUT2D eigenvalue weighted by Crippen LogP contribution is 1.99. The summed E-state index contributed by atoms with van der Waals surface area (Å²) in [6.07, 6.45) is 0. The first-order valence-electron chi connectivity index (χ1n) is 3.10. The quantitative estimate of drug-likeness (QED) is 0.575. The Morgan fingerprint density at radius 2 is 2.00 bits per heavy atom. The van der Waals surface area contributed by atoms with E-state index in [4.69, 9.17) is 0 Å². The molecule has 0 fully saturated rings. The molecule has 8 heavy (non-hydrogen) atoms. The van der Waals surface area contributed by atoms with E-state index in [1.165, 1.54) is 0 Å². The average Bonchev–Trinajstić information content (AvgIpc) is 1.65. The molecular formula is C6H15NS. The van der Waals surface area contributed by atoms with E-state index in [0.717, 1.165) is 19.0 Å². The van der Waals surface area contributed by atoms with Crippen LogP contribution in [-0.2, 0) is 0 Å². The number of thiol groups is 1. The zero-order valence-corrected chi connectivity index (χ0v) is 6.78. The lowest BCUT2D eigenvalue weighted by Gasteiger charge is -2.13. The Bertz CT molecular complexity index is 54.5. The fourth-order valence-corrected chi connectivity index (χ4v) is 0.877. The molecule has 0 aliphatic rings. The number of rotatable bonds is 3. The van der Waals surface area contributed by atoms with E-state index in [1.807, 2.05) is 4.31 Å². The third-order valence-electron chi connectivity index (χ3n) is 0.941. The van der Waals surface area contributed by atoms with Gasteiger partial charge in [-0.2, -0.15) is 0 Å². The summed E-state index contributed by atoms with van der Waals surface area (Å²) in [5.41, 5.74) is 0. The molecule has 0 radical (unpaired) electrons. The van der Waals surface area contributed by atoms with Crippen molar-refractivity contribution in [1.29, 1.82) is 0 Å².